The molecule has 0 fully saturated rings. The molecule has 1 unspecified atom stereocenters. The number of likely N-dealkylation sites (N-methyl/N-ethyl adjacent to an activating group) is 1. The monoisotopic (exact) mass is 346 g/mol. The van der Waals surface area contributed by atoms with Crippen molar-refractivity contribution >= 4 is 16.6 Å². The summed E-state index contributed by atoms with van der Waals surface area (Å²) in [5.41, 5.74) is 6.67. The van der Waals surface area contributed by atoms with Crippen molar-refractivity contribution in [2.24, 2.45) is 0 Å². The summed E-state index contributed by atoms with van der Waals surface area (Å²) in [6.07, 6.45) is 5.66. The number of hydrogen-bond acceptors (Lipinski definition) is 5. The first-order valence-electron chi connectivity index (χ1n) is 8.63. The van der Waals surface area contributed by atoms with Gasteiger partial charge in [0.15, 0.2) is 0 Å². The van der Waals surface area contributed by atoms with Crippen LogP contribution in [0.3, 0.4) is 0 Å². The van der Waals surface area contributed by atoms with Crippen LogP contribution in [0, 0.1) is 0 Å². The summed E-state index contributed by atoms with van der Waals surface area (Å²) in [5, 5.41) is 4.36. The summed E-state index contributed by atoms with van der Waals surface area (Å²) in [7, 11) is 5.90. The lowest BCUT2D eigenvalue weighted by Gasteiger charge is -2.28. The van der Waals surface area contributed by atoms with Crippen molar-refractivity contribution in [3.63, 3.8) is 0 Å². The first-order chi connectivity index (χ1) is 12.7. The number of aromatic nitrogens is 2. The van der Waals surface area contributed by atoms with E-state index in [1.165, 1.54) is 22.3 Å². The van der Waals surface area contributed by atoms with Crippen molar-refractivity contribution < 1.29 is 4.74 Å². The number of rotatable bonds is 4. The Morgan fingerprint density at radius 2 is 1.81 bits per heavy atom. The SMILES string of the molecule is COCc1cccc(C2=CN(C)N(C)C2c2ccc3nccnc3c2)c1. The molecule has 0 radical (unpaired) electrons. The number of nitrogens with zero attached hydrogens (tertiary/aromatic N) is 4. The summed E-state index contributed by atoms with van der Waals surface area (Å²) in [6, 6.07) is 15.0. The molecule has 4 rings (SSSR count). The van der Waals surface area contributed by atoms with Gasteiger partial charge in [0.05, 0.1) is 23.7 Å². The number of ether oxygens (including phenoxy) is 1. The molecule has 0 saturated heterocycles. The lowest BCUT2D eigenvalue weighted by molar-refractivity contribution is 0.0753. The molecule has 3 aromatic rings. The normalized spacial score (nSPS) is 17.7. The van der Waals surface area contributed by atoms with E-state index in [1.807, 2.05) is 6.07 Å². The van der Waals surface area contributed by atoms with E-state index >= 15 is 0 Å². The van der Waals surface area contributed by atoms with Crippen molar-refractivity contribution in [3.8, 4) is 0 Å². The third-order valence-corrected chi connectivity index (χ3v) is 4.87. The van der Waals surface area contributed by atoms with E-state index in [2.05, 4.69) is 76.7 Å². The topological polar surface area (TPSA) is 41.5 Å². The molecule has 0 aliphatic carbocycles. The molecule has 26 heavy (non-hydrogen) atoms. The third-order valence-electron chi connectivity index (χ3n) is 4.87. The Morgan fingerprint density at radius 3 is 2.62 bits per heavy atom. The zero-order chi connectivity index (χ0) is 18.1. The van der Waals surface area contributed by atoms with E-state index in [4.69, 9.17) is 4.74 Å². The molecule has 0 bridgehead atoms. The smallest absolute Gasteiger partial charge is 0.0890 e. The second-order valence-corrected chi connectivity index (χ2v) is 6.57. The Balaban J connectivity index is 1.77. The van der Waals surface area contributed by atoms with Gasteiger partial charge in [-0.2, -0.15) is 0 Å². The Hall–Kier alpha value is -2.76. The minimum absolute atomic E-state index is 0.129. The van der Waals surface area contributed by atoms with Crippen LogP contribution in [0.15, 0.2) is 61.1 Å². The summed E-state index contributed by atoms with van der Waals surface area (Å²) < 4.78 is 5.29. The van der Waals surface area contributed by atoms with Crippen molar-refractivity contribution in [1.82, 2.24) is 20.0 Å². The lowest BCUT2D eigenvalue weighted by Crippen LogP contribution is -2.30. The highest BCUT2D eigenvalue weighted by Gasteiger charge is 2.30. The van der Waals surface area contributed by atoms with Crippen LogP contribution in [0.4, 0.5) is 0 Å². The van der Waals surface area contributed by atoms with Crippen LogP contribution in [0.5, 0.6) is 0 Å². The van der Waals surface area contributed by atoms with Crippen molar-refractivity contribution in [1.29, 1.82) is 0 Å². The molecule has 132 valence electrons. The maximum atomic E-state index is 5.29. The molecule has 5 heteroatoms. The van der Waals surface area contributed by atoms with E-state index in [0.717, 1.165) is 11.0 Å². The predicted molar refractivity (Wildman–Crippen MR) is 103 cm³/mol. The van der Waals surface area contributed by atoms with Crippen LogP contribution in [-0.2, 0) is 11.3 Å². The Bertz CT molecular complexity index is 969. The van der Waals surface area contributed by atoms with Crippen LogP contribution >= 0.6 is 0 Å². The van der Waals surface area contributed by atoms with Gasteiger partial charge in [-0.05, 0) is 34.9 Å². The van der Waals surface area contributed by atoms with Crippen molar-refractivity contribution in [3.05, 3.63) is 77.7 Å². The van der Waals surface area contributed by atoms with Gasteiger partial charge in [-0.3, -0.25) is 9.97 Å². The van der Waals surface area contributed by atoms with Gasteiger partial charge in [0.25, 0.3) is 0 Å². The van der Waals surface area contributed by atoms with E-state index in [1.54, 1.807) is 19.5 Å². The van der Waals surface area contributed by atoms with Crippen LogP contribution in [0.1, 0.15) is 22.7 Å². The molecule has 2 heterocycles. The molecule has 1 atom stereocenters. The molecule has 0 amide bonds. The zero-order valence-electron chi connectivity index (χ0n) is 15.3. The third kappa shape index (κ3) is 2.96. The summed E-state index contributed by atoms with van der Waals surface area (Å²) in [6.45, 7) is 0.614. The largest absolute Gasteiger partial charge is 0.380 e. The summed E-state index contributed by atoms with van der Waals surface area (Å²) >= 11 is 0. The second-order valence-electron chi connectivity index (χ2n) is 6.57. The molecule has 0 N–H and O–H groups in total. The van der Waals surface area contributed by atoms with Gasteiger partial charge in [0.2, 0.25) is 0 Å². The molecule has 0 saturated carbocycles. The maximum absolute atomic E-state index is 5.29. The highest BCUT2D eigenvalue weighted by molar-refractivity contribution is 5.78. The summed E-state index contributed by atoms with van der Waals surface area (Å²) in [5.74, 6) is 0. The standard InChI is InChI=1S/C21H22N4O/c1-24-13-18(16-6-4-5-15(11-16)14-26-3)21(25(24)2)17-7-8-19-20(12-17)23-10-9-22-19/h4-13,21H,14H2,1-3H3. The molecule has 1 aliphatic heterocycles. The van der Waals surface area contributed by atoms with Gasteiger partial charge in [0, 0.05) is 45.4 Å². The lowest BCUT2D eigenvalue weighted by atomic mass is 9.93. The second kappa shape index (κ2) is 6.86. The molecule has 5 nitrogen and oxygen atoms in total. The van der Waals surface area contributed by atoms with Crippen LogP contribution in [0.2, 0.25) is 0 Å². The number of benzene rings is 2. The van der Waals surface area contributed by atoms with Crippen LogP contribution in [-0.4, -0.2) is 41.2 Å². The minimum Gasteiger partial charge on any atom is -0.380 e. The first-order valence-corrected chi connectivity index (χ1v) is 8.63. The average Bonchev–Trinajstić information content (AvgIpc) is 2.97. The molecular formula is C21H22N4O. The highest BCUT2D eigenvalue weighted by atomic mass is 16.5. The fourth-order valence-corrected chi connectivity index (χ4v) is 3.53. The predicted octanol–water partition coefficient (Wildman–Crippen LogP) is 3.65. The van der Waals surface area contributed by atoms with Crippen LogP contribution < -0.4 is 0 Å². The Labute approximate surface area is 153 Å². The van der Waals surface area contributed by atoms with E-state index in [9.17, 15) is 0 Å². The molecule has 0 spiro atoms. The Morgan fingerprint density at radius 1 is 1.00 bits per heavy atom. The van der Waals surface area contributed by atoms with Crippen LogP contribution in [0.25, 0.3) is 16.6 Å². The van der Waals surface area contributed by atoms with Gasteiger partial charge >= 0.3 is 0 Å². The molecular weight excluding hydrogens is 324 g/mol. The molecule has 1 aromatic heterocycles. The summed E-state index contributed by atoms with van der Waals surface area (Å²) in [4.78, 5) is 8.84. The van der Waals surface area contributed by atoms with Crippen molar-refractivity contribution in [2.45, 2.75) is 12.6 Å². The first kappa shape index (κ1) is 16.7. The maximum Gasteiger partial charge on any atom is 0.0890 e. The van der Waals surface area contributed by atoms with E-state index < -0.39 is 0 Å². The Kier molecular flexibility index (Phi) is 4.41. The fraction of sp³-hybridized carbons (Fsp3) is 0.238. The van der Waals surface area contributed by atoms with E-state index in [-0.39, 0.29) is 6.04 Å². The van der Waals surface area contributed by atoms with Gasteiger partial charge in [-0.15, -0.1) is 0 Å². The number of hydrogen-bond donors (Lipinski definition) is 0. The zero-order valence-corrected chi connectivity index (χ0v) is 15.3. The van der Waals surface area contributed by atoms with E-state index in [0.29, 0.717) is 6.61 Å². The molecule has 2 aromatic carbocycles. The minimum atomic E-state index is 0.129. The number of fused-ring (bicyclic) bond motifs is 1. The van der Waals surface area contributed by atoms with Crippen molar-refractivity contribution in [2.75, 3.05) is 21.2 Å². The number of methoxy groups -OCH3 is 1. The molecule has 1 aliphatic rings. The van der Waals surface area contributed by atoms with Gasteiger partial charge in [-0.1, -0.05) is 24.3 Å². The van der Waals surface area contributed by atoms with Gasteiger partial charge < -0.3 is 9.75 Å². The highest BCUT2D eigenvalue weighted by Crippen LogP contribution is 2.40. The fourth-order valence-electron chi connectivity index (χ4n) is 3.53. The number of hydrazine groups is 1. The van der Waals surface area contributed by atoms with Gasteiger partial charge in [-0.25, -0.2) is 5.01 Å². The quantitative estimate of drug-likeness (QED) is 0.721. The van der Waals surface area contributed by atoms with Gasteiger partial charge in [0.1, 0.15) is 0 Å². The average molecular weight is 346 g/mol.